The van der Waals surface area contributed by atoms with Crippen molar-refractivity contribution in [2.24, 2.45) is 5.92 Å². The van der Waals surface area contributed by atoms with Crippen molar-refractivity contribution in [3.05, 3.63) is 34.6 Å². The lowest BCUT2D eigenvalue weighted by Crippen LogP contribution is -2.30. The lowest BCUT2D eigenvalue weighted by atomic mass is 9.83. The van der Waals surface area contributed by atoms with Gasteiger partial charge in [-0.15, -0.1) is 0 Å². The molecule has 2 rings (SSSR count). The van der Waals surface area contributed by atoms with E-state index in [2.05, 4.69) is 5.32 Å². The minimum absolute atomic E-state index is 0.206. The van der Waals surface area contributed by atoms with Gasteiger partial charge in [-0.2, -0.15) is 0 Å². The van der Waals surface area contributed by atoms with Crippen LogP contribution in [0.4, 0.5) is 4.39 Å². The van der Waals surface area contributed by atoms with Crippen LogP contribution in [-0.4, -0.2) is 13.1 Å². The van der Waals surface area contributed by atoms with Gasteiger partial charge < -0.3 is 5.32 Å². The summed E-state index contributed by atoms with van der Waals surface area (Å²) in [6.07, 6.45) is 8.92. The zero-order valence-electron chi connectivity index (χ0n) is 11.6. The van der Waals surface area contributed by atoms with Gasteiger partial charge in [-0.3, -0.25) is 0 Å². The Morgan fingerprint density at radius 3 is 2.68 bits per heavy atom. The van der Waals surface area contributed by atoms with E-state index in [4.69, 9.17) is 11.6 Å². The summed E-state index contributed by atoms with van der Waals surface area (Å²) < 4.78 is 13.4. The molecule has 1 aromatic rings. The molecule has 1 aliphatic carbocycles. The highest BCUT2D eigenvalue weighted by Gasteiger charge is 2.18. The molecule has 0 aliphatic heterocycles. The number of nitrogens with one attached hydrogen (secondary N) is 1. The zero-order chi connectivity index (χ0) is 13.7. The van der Waals surface area contributed by atoms with E-state index in [9.17, 15) is 4.39 Å². The van der Waals surface area contributed by atoms with Crippen LogP contribution in [0.5, 0.6) is 0 Å². The molecule has 1 fully saturated rings. The molecule has 1 N–H and O–H groups in total. The molecule has 0 amide bonds. The van der Waals surface area contributed by atoms with Gasteiger partial charge in [0.15, 0.2) is 0 Å². The number of halogens is 2. The largest absolute Gasteiger partial charge is 0.317 e. The summed E-state index contributed by atoms with van der Waals surface area (Å²) in [6, 6.07) is 5.58. The van der Waals surface area contributed by atoms with Gasteiger partial charge in [-0.25, -0.2) is 4.39 Å². The number of hydrogen-bond donors (Lipinski definition) is 1. The number of likely N-dealkylation sites (N-methyl/N-ethyl adjacent to an activating group) is 1. The van der Waals surface area contributed by atoms with Crippen molar-refractivity contribution in [2.75, 3.05) is 7.05 Å². The molecule has 1 aromatic carbocycles. The third kappa shape index (κ3) is 4.47. The summed E-state index contributed by atoms with van der Waals surface area (Å²) >= 11 is 5.72. The fraction of sp³-hybridized carbons (Fsp3) is 0.625. The van der Waals surface area contributed by atoms with E-state index >= 15 is 0 Å². The summed E-state index contributed by atoms with van der Waals surface area (Å²) in [6.45, 7) is 0. The standard InChI is InChI=1S/C16H23ClFN/c1-19-14(9-12-5-3-2-4-6-12)10-13-7-8-15(17)16(18)11-13/h7-8,11-12,14,19H,2-6,9-10H2,1H3. The van der Waals surface area contributed by atoms with Crippen molar-refractivity contribution in [3.8, 4) is 0 Å². The van der Waals surface area contributed by atoms with E-state index in [0.717, 1.165) is 17.9 Å². The molecule has 0 heterocycles. The van der Waals surface area contributed by atoms with Gasteiger partial charge in [0.2, 0.25) is 0 Å². The highest BCUT2D eigenvalue weighted by Crippen LogP contribution is 2.28. The first-order valence-electron chi connectivity index (χ1n) is 7.30. The second-order valence-corrected chi connectivity index (χ2v) is 6.09. The first-order chi connectivity index (χ1) is 9.19. The molecule has 0 saturated heterocycles. The van der Waals surface area contributed by atoms with Crippen LogP contribution in [0, 0.1) is 11.7 Å². The molecular formula is C16H23ClFN. The molecule has 0 radical (unpaired) electrons. The highest BCUT2D eigenvalue weighted by atomic mass is 35.5. The van der Waals surface area contributed by atoms with Crippen LogP contribution in [0.3, 0.4) is 0 Å². The van der Waals surface area contributed by atoms with Gasteiger partial charge in [0.1, 0.15) is 5.82 Å². The van der Waals surface area contributed by atoms with Gasteiger partial charge in [0, 0.05) is 6.04 Å². The third-order valence-electron chi connectivity index (χ3n) is 4.22. The Morgan fingerprint density at radius 2 is 2.05 bits per heavy atom. The Kier molecular flexibility index (Phi) is 5.65. The molecule has 0 spiro atoms. The van der Waals surface area contributed by atoms with Crippen molar-refractivity contribution in [1.82, 2.24) is 5.32 Å². The lowest BCUT2D eigenvalue weighted by molar-refractivity contribution is 0.302. The summed E-state index contributed by atoms with van der Waals surface area (Å²) in [5.74, 6) is 0.523. The second-order valence-electron chi connectivity index (χ2n) is 5.68. The number of hydrogen-bond acceptors (Lipinski definition) is 1. The second kappa shape index (κ2) is 7.25. The topological polar surface area (TPSA) is 12.0 Å². The van der Waals surface area contributed by atoms with Gasteiger partial charge >= 0.3 is 0 Å². The summed E-state index contributed by atoms with van der Waals surface area (Å²) in [7, 11) is 2.00. The van der Waals surface area contributed by atoms with Crippen molar-refractivity contribution >= 4 is 11.6 Å². The third-order valence-corrected chi connectivity index (χ3v) is 4.52. The maximum atomic E-state index is 13.4. The average molecular weight is 284 g/mol. The molecular weight excluding hydrogens is 261 g/mol. The number of benzene rings is 1. The molecule has 1 aliphatic rings. The number of rotatable bonds is 5. The molecule has 0 aromatic heterocycles. The molecule has 106 valence electrons. The predicted octanol–water partition coefficient (Wildman–Crippen LogP) is 4.58. The average Bonchev–Trinajstić information content (AvgIpc) is 2.43. The molecule has 0 bridgehead atoms. The molecule has 3 heteroatoms. The Bertz CT molecular complexity index is 402. The first kappa shape index (κ1) is 14.8. The summed E-state index contributed by atoms with van der Waals surface area (Å²) in [4.78, 5) is 0. The SMILES string of the molecule is CNC(Cc1ccc(Cl)c(F)c1)CC1CCCCC1. The fourth-order valence-electron chi connectivity index (χ4n) is 3.08. The van der Waals surface area contributed by atoms with Gasteiger partial charge in [-0.1, -0.05) is 49.8 Å². The zero-order valence-corrected chi connectivity index (χ0v) is 12.3. The molecule has 1 unspecified atom stereocenters. The fourth-order valence-corrected chi connectivity index (χ4v) is 3.20. The van der Waals surface area contributed by atoms with Crippen molar-refractivity contribution < 1.29 is 4.39 Å². The van der Waals surface area contributed by atoms with Crippen LogP contribution in [0.1, 0.15) is 44.1 Å². The molecule has 1 nitrogen and oxygen atoms in total. The van der Waals surface area contributed by atoms with Crippen molar-refractivity contribution in [3.63, 3.8) is 0 Å². The Hall–Kier alpha value is -0.600. The van der Waals surface area contributed by atoms with E-state index in [1.807, 2.05) is 13.1 Å². The first-order valence-corrected chi connectivity index (χ1v) is 7.68. The summed E-state index contributed by atoms with van der Waals surface area (Å²) in [5, 5.41) is 3.58. The molecule has 1 atom stereocenters. The quantitative estimate of drug-likeness (QED) is 0.834. The smallest absolute Gasteiger partial charge is 0.142 e. The minimum atomic E-state index is -0.313. The molecule has 1 saturated carbocycles. The van der Waals surface area contributed by atoms with Crippen molar-refractivity contribution in [1.29, 1.82) is 0 Å². The van der Waals surface area contributed by atoms with Crippen LogP contribution in [-0.2, 0) is 6.42 Å². The van der Waals surface area contributed by atoms with E-state index in [1.165, 1.54) is 38.5 Å². The van der Waals surface area contributed by atoms with Crippen LogP contribution >= 0.6 is 11.6 Å². The van der Waals surface area contributed by atoms with Crippen LogP contribution in [0.15, 0.2) is 18.2 Å². The van der Waals surface area contributed by atoms with Gasteiger partial charge in [-0.05, 0) is 43.5 Å². The predicted molar refractivity (Wildman–Crippen MR) is 79.2 cm³/mol. The normalized spacial score (nSPS) is 18.5. The van der Waals surface area contributed by atoms with E-state index in [-0.39, 0.29) is 10.8 Å². The maximum absolute atomic E-state index is 13.4. The minimum Gasteiger partial charge on any atom is -0.317 e. The van der Waals surface area contributed by atoms with E-state index < -0.39 is 0 Å². The van der Waals surface area contributed by atoms with Crippen molar-refractivity contribution in [2.45, 2.75) is 51.0 Å². The highest BCUT2D eigenvalue weighted by molar-refractivity contribution is 6.30. The van der Waals surface area contributed by atoms with Crippen LogP contribution in [0.25, 0.3) is 0 Å². The molecule has 19 heavy (non-hydrogen) atoms. The van der Waals surface area contributed by atoms with E-state index in [0.29, 0.717) is 6.04 Å². The Balaban J connectivity index is 1.92. The Labute approximate surface area is 120 Å². The Morgan fingerprint density at radius 1 is 1.32 bits per heavy atom. The van der Waals surface area contributed by atoms with Crippen LogP contribution in [0.2, 0.25) is 5.02 Å². The van der Waals surface area contributed by atoms with E-state index in [1.54, 1.807) is 12.1 Å². The monoisotopic (exact) mass is 283 g/mol. The van der Waals surface area contributed by atoms with Gasteiger partial charge in [0.25, 0.3) is 0 Å². The summed E-state index contributed by atoms with van der Waals surface area (Å²) in [5.41, 5.74) is 1.03. The van der Waals surface area contributed by atoms with Gasteiger partial charge in [0.05, 0.1) is 5.02 Å². The maximum Gasteiger partial charge on any atom is 0.142 e. The lowest BCUT2D eigenvalue weighted by Gasteiger charge is -2.26. The van der Waals surface area contributed by atoms with Crippen LogP contribution < -0.4 is 5.32 Å².